The van der Waals surface area contributed by atoms with Crippen LogP contribution in [0.3, 0.4) is 0 Å². The minimum absolute atomic E-state index is 0.0419. The number of hydrogen-bond acceptors (Lipinski definition) is 6. The van der Waals surface area contributed by atoms with Crippen LogP contribution in [-0.4, -0.2) is 80.6 Å². The second kappa shape index (κ2) is 10.6. The van der Waals surface area contributed by atoms with Gasteiger partial charge in [0.25, 0.3) is 0 Å². The SMILES string of the molecule is COC1CCC2CC(C(=O)N3CCC(CC(=O)NCC4CCC5OCOC5C4)CC3)NC2C1. The molecule has 8 heteroatoms. The molecule has 2 amide bonds. The zero-order chi connectivity index (χ0) is 22.8. The number of piperidine rings is 1. The molecule has 0 radical (unpaired) electrons. The predicted octanol–water partition coefficient (Wildman–Crippen LogP) is 1.82. The lowest BCUT2D eigenvalue weighted by Crippen LogP contribution is -2.49. The number of hydrogen-bond donors (Lipinski definition) is 2. The van der Waals surface area contributed by atoms with Crippen molar-refractivity contribution in [2.24, 2.45) is 17.8 Å². The number of nitrogens with zero attached hydrogens (tertiary/aromatic N) is 1. The Hall–Kier alpha value is -1.22. The van der Waals surface area contributed by atoms with E-state index in [4.69, 9.17) is 14.2 Å². The first-order valence-electron chi connectivity index (χ1n) is 13.2. The van der Waals surface area contributed by atoms with Gasteiger partial charge in [0.05, 0.1) is 24.4 Å². The molecule has 0 aromatic rings. The van der Waals surface area contributed by atoms with Crippen LogP contribution in [0.5, 0.6) is 0 Å². The summed E-state index contributed by atoms with van der Waals surface area (Å²) in [4.78, 5) is 27.7. The van der Waals surface area contributed by atoms with Gasteiger partial charge in [0.2, 0.25) is 11.8 Å². The van der Waals surface area contributed by atoms with Crippen LogP contribution < -0.4 is 10.6 Å². The molecule has 2 saturated carbocycles. The number of methoxy groups -OCH3 is 1. The second-order valence-electron chi connectivity index (χ2n) is 11.0. The molecule has 7 unspecified atom stereocenters. The maximum atomic E-state index is 13.1. The molecule has 0 aromatic heterocycles. The van der Waals surface area contributed by atoms with Crippen molar-refractivity contribution in [2.75, 3.05) is 33.5 Å². The highest BCUT2D eigenvalue weighted by molar-refractivity contribution is 5.82. The predicted molar refractivity (Wildman–Crippen MR) is 122 cm³/mol. The van der Waals surface area contributed by atoms with Gasteiger partial charge in [0.15, 0.2) is 0 Å². The van der Waals surface area contributed by atoms with E-state index in [1.807, 2.05) is 4.90 Å². The quantitative estimate of drug-likeness (QED) is 0.625. The van der Waals surface area contributed by atoms with E-state index in [2.05, 4.69) is 10.6 Å². The van der Waals surface area contributed by atoms with Gasteiger partial charge < -0.3 is 29.7 Å². The first-order valence-corrected chi connectivity index (χ1v) is 13.2. The van der Waals surface area contributed by atoms with Crippen LogP contribution in [-0.2, 0) is 23.8 Å². The van der Waals surface area contributed by atoms with E-state index in [1.165, 1.54) is 0 Å². The normalized spacial score (nSPS) is 39.2. The number of fused-ring (bicyclic) bond motifs is 2. The number of rotatable bonds is 6. The van der Waals surface area contributed by atoms with E-state index in [0.29, 0.717) is 43.1 Å². The largest absolute Gasteiger partial charge is 0.381 e. The van der Waals surface area contributed by atoms with Crippen molar-refractivity contribution in [1.29, 1.82) is 0 Å². The number of amides is 2. The summed E-state index contributed by atoms with van der Waals surface area (Å²) in [5.74, 6) is 1.88. The Kier molecular flexibility index (Phi) is 7.54. The Labute approximate surface area is 197 Å². The van der Waals surface area contributed by atoms with E-state index < -0.39 is 0 Å². The summed E-state index contributed by atoms with van der Waals surface area (Å²) in [6.07, 6.45) is 10.6. The minimum Gasteiger partial charge on any atom is -0.381 e. The number of likely N-dealkylation sites (tertiary alicyclic amines) is 1. The van der Waals surface area contributed by atoms with Crippen molar-refractivity contribution in [3.05, 3.63) is 0 Å². The summed E-state index contributed by atoms with van der Waals surface area (Å²) in [6.45, 7) is 2.70. The highest BCUT2D eigenvalue weighted by Gasteiger charge is 2.42. The van der Waals surface area contributed by atoms with Crippen molar-refractivity contribution >= 4 is 11.8 Å². The van der Waals surface area contributed by atoms with Gasteiger partial charge in [-0.05, 0) is 75.5 Å². The van der Waals surface area contributed by atoms with Crippen LogP contribution in [0.15, 0.2) is 0 Å². The summed E-state index contributed by atoms with van der Waals surface area (Å²) in [5.41, 5.74) is 0. The fourth-order valence-electron chi connectivity index (χ4n) is 6.82. The number of carbonyl (C=O) groups is 2. The monoisotopic (exact) mass is 463 g/mol. The molecule has 7 atom stereocenters. The molecular weight excluding hydrogens is 422 g/mol. The Bertz CT molecular complexity index is 698. The van der Waals surface area contributed by atoms with Crippen molar-refractivity contribution in [2.45, 2.75) is 94.6 Å². The van der Waals surface area contributed by atoms with E-state index in [0.717, 1.165) is 77.4 Å². The van der Waals surface area contributed by atoms with Gasteiger partial charge in [0.1, 0.15) is 6.79 Å². The molecule has 33 heavy (non-hydrogen) atoms. The molecule has 3 heterocycles. The van der Waals surface area contributed by atoms with Crippen molar-refractivity contribution < 1.29 is 23.8 Å². The van der Waals surface area contributed by atoms with Crippen molar-refractivity contribution in [3.8, 4) is 0 Å². The Morgan fingerprint density at radius 2 is 1.79 bits per heavy atom. The maximum Gasteiger partial charge on any atom is 0.239 e. The third-order valence-electron chi connectivity index (χ3n) is 8.92. The highest BCUT2D eigenvalue weighted by atomic mass is 16.7. The molecule has 0 bridgehead atoms. The molecule has 0 spiro atoms. The van der Waals surface area contributed by atoms with Gasteiger partial charge >= 0.3 is 0 Å². The van der Waals surface area contributed by atoms with Gasteiger partial charge in [-0.25, -0.2) is 0 Å². The maximum absolute atomic E-state index is 13.1. The third-order valence-corrected chi connectivity index (χ3v) is 8.92. The number of carbonyl (C=O) groups excluding carboxylic acids is 2. The molecule has 5 rings (SSSR count). The highest BCUT2D eigenvalue weighted by Crippen LogP contribution is 2.35. The summed E-state index contributed by atoms with van der Waals surface area (Å²) >= 11 is 0. The number of nitrogens with one attached hydrogen (secondary N) is 2. The lowest BCUT2D eigenvalue weighted by Gasteiger charge is -2.34. The molecule has 8 nitrogen and oxygen atoms in total. The van der Waals surface area contributed by atoms with Crippen molar-refractivity contribution in [3.63, 3.8) is 0 Å². The standard InChI is InChI=1S/C25H41N3O5/c1-31-19-4-3-18-12-21(27-20(18)13-19)25(30)28-8-6-16(7-9-28)11-24(29)26-14-17-2-5-22-23(10-17)33-15-32-22/h16-23,27H,2-15H2,1H3,(H,26,29). The van der Waals surface area contributed by atoms with Crippen LogP contribution in [0.4, 0.5) is 0 Å². The Morgan fingerprint density at radius 3 is 2.61 bits per heavy atom. The molecule has 3 aliphatic heterocycles. The van der Waals surface area contributed by atoms with Gasteiger partial charge in [-0.1, -0.05) is 0 Å². The molecule has 3 saturated heterocycles. The van der Waals surface area contributed by atoms with Gasteiger partial charge in [-0.3, -0.25) is 9.59 Å². The van der Waals surface area contributed by atoms with Gasteiger partial charge in [-0.2, -0.15) is 0 Å². The van der Waals surface area contributed by atoms with Crippen LogP contribution >= 0.6 is 0 Å². The molecule has 2 N–H and O–H groups in total. The molecule has 0 aromatic carbocycles. The zero-order valence-electron chi connectivity index (χ0n) is 20.0. The molecular formula is C25H41N3O5. The Morgan fingerprint density at radius 1 is 0.970 bits per heavy atom. The van der Waals surface area contributed by atoms with Gasteiger partial charge in [-0.15, -0.1) is 0 Å². The number of ether oxygens (including phenoxy) is 3. The third kappa shape index (κ3) is 5.55. The average molecular weight is 464 g/mol. The molecule has 5 aliphatic rings. The topological polar surface area (TPSA) is 89.1 Å². The van der Waals surface area contributed by atoms with Crippen LogP contribution in [0.1, 0.15) is 64.2 Å². The summed E-state index contributed by atoms with van der Waals surface area (Å²) in [6, 6.07) is 0.376. The zero-order valence-corrected chi connectivity index (χ0v) is 20.0. The van der Waals surface area contributed by atoms with E-state index >= 15 is 0 Å². The first kappa shape index (κ1) is 23.5. The second-order valence-corrected chi connectivity index (χ2v) is 11.0. The van der Waals surface area contributed by atoms with Crippen molar-refractivity contribution in [1.82, 2.24) is 15.5 Å². The summed E-state index contributed by atoms with van der Waals surface area (Å²) in [5, 5.41) is 6.77. The molecule has 5 fully saturated rings. The van der Waals surface area contributed by atoms with Crippen LogP contribution in [0, 0.1) is 17.8 Å². The minimum atomic E-state index is -0.0419. The fourth-order valence-corrected chi connectivity index (χ4v) is 6.82. The van der Waals surface area contributed by atoms with E-state index in [9.17, 15) is 9.59 Å². The fraction of sp³-hybridized carbons (Fsp3) is 0.920. The lowest BCUT2D eigenvalue weighted by molar-refractivity contribution is -0.134. The van der Waals surface area contributed by atoms with Crippen LogP contribution in [0.25, 0.3) is 0 Å². The Balaban J connectivity index is 0.998. The molecule has 2 aliphatic carbocycles. The van der Waals surface area contributed by atoms with Gasteiger partial charge in [0, 0.05) is 39.2 Å². The smallest absolute Gasteiger partial charge is 0.239 e. The average Bonchev–Trinajstić information content (AvgIpc) is 3.48. The summed E-state index contributed by atoms with van der Waals surface area (Å²) in [7, 11) is 1.79. The first-order chi connectivity index (χ1) is 16.1. The summed E-state index contributed by atoms with van der Waals surface area (Å²) < 4.78 is 16.8. The van der Waals surface area contributed by atoms with Crippen LogP contribution in [0.2, 0.25) is 0 Å². The van der Waals surface area contributed by atoms with E-state index in [1.54, 1.807) is 7.11 Å². The van der Waals surface area contributed by atoms with E-state index in [-0.39, 0.29) is 30.1 Å². The lowest BCUT2D eigenvalue weighted by atomic mass is 9.83. The molecule has 186 valence electrons.